The molecule has 0 heterocycles. The van der Waals surface area contributed by atoms with E-state index in [1.165, 1.54) is 0 Å². The minimum atomic E-state index is -5.29. The molecule has 0 aromatic heterocycles. The SMILES string of the molecule is C[C](C)C(F)(F)C(F)(F)C(F)F. The molecule has 0 spiro atoms. The standard InChI is InChI=1S/C6H7F6/c1-3(2)5(9,10)6(11,12)4(7)8/h4H,1-2H3. The monoisotopic (exact) mass is 193 g/mol. The summed E-state index contributed by atoms with van der Waals surface area (Å²) in [6.07, 6.45) is -4.36. The van der Waals surface area contributed by atoms with E-state index in [-0.39, 0.29) is 0 Å². The molecule has 0 fully saturated rings. The number of halogens is 6. The van der Waals surface area contributed by atoms with Crippen LogP contribution in [0.1, 0.15) is 13.8 Å². The van der Waals surface area contributed by atoms with Crippen LogP contribution in [-0.2, 0) is 0 Å². The van der Waals surface area contributed by atoms with Crippen molar-refractivity contribution in [3.05, 3.63) is 5.92 Å². The molecule has 0 aliphatic heterocycles. The largest absolute Gasteiger partial charge is 0.369 e. The number of rotatable bonds is 3. The summed E-state index contributed by atoms with van der Waals surface area (Å²) in [7, 11) is 0. The predicted molar refractivity (Wildman–Crippen MR) is 30.5 cm³/mol. The van der Waals surface area contributed by atoms with Crippen LogP contribution >= 0.6 is 0 Å². The highest BCUT2D eigenvalue weighted by Gasteiger charge is 2.64. The second-order valence-corrected chi connectivity index (χ2v) is 2.50. The van der Waals surface area contributed by atoms with Crippen LogP contribution < -0.4 is 0 Å². The fourth-order valence-corrected chi connectivity index (χ4v) is 0.470. The van der Waals surface area contributed by atoms with Crippen molar-refractivity contribution in [2.45, 2.75) is 32.1 Å². The Labute approximate surface area is 65.6 Å². The normalized spacial score (nSPS) is 14.5. The van der Waals surface area contributed by atoms with Crippen molar-refractivity contribution in [2.75, 3.05) is 0 Å². The van der Waals surface area contributed by atoms with Crippen molar-refractivity contribution in [1.82, 2.24) is 0 Å². The van der Waals surface area contributed by atoms with Crippen molar-refractivity contribution in [2.24, 2.45) is 0 Å². The zero-order valence-electron chi connectivity index (χ0n) is 6.35. The zero-order chi connectivity index (χ0) is 10.2. The quantitative estimate of drug-likeness (QED) is 0.604. The summed E-state index contributed by atoms with van der Waals surface area (Å²) in [6.45, 7) is 1.35. The lowest BCUT2D eigenvalue weighted by Gasteiger charge is -2.28. The van der Waals surface area contributed by atoms with E-state index >= 15 is 0 Å². The molecule has 0 amide bonds. The summed E-state index contributed by atoms with van der Waals surface area (Å²) in [5.74, 6) is -11.1. The fraction of sp³-hybridized carbons (Fsp3) is 0.833. The molecule has 0 rings (SSSR count). The second kappa shape index (κ2) is 3.14. The molecule has 0 aromatic carbocycles. The highest BCUT2D eigenvalue weighted by molar-refractivity contribution is 5.04. The van der Waals surface area contributed by atoms with Crippen molar-refractivity contribution in [1.29, 1.82) is 0 Å². The zero-order valence-corrected chi connectivity index (χ0v) is 6.35. The van der Waals surface area contributed by atoms with Gasteiger partial charge in [-0.25, -0.2) is 8.78 Å². The lowest BCUT2D eigenvalue weighted by atomic mass is 10.00. The van der Waals surface area contributed by atoms with E-state index in [1.807, 2.05) is 0 Å². The summed E-state index contributed by atoms with van der Waals surface area (Å²) in [5.41, 5.74) is 0. The Kier molecular flexibility index (Phi) is 3.03. The average molecular weight is 193 g/mol. The van der Waals surface area contributed by atoms with Gasteiger partial charge in [-0.05, 0) is 0 Å². The van der Waals surface area contributed by atoms with Gasteiger partial charge in [0.1, 0.15) is 0 Å². The first-order valence-corrected chi connectivity index (χ1v) is 2.98. The van der Waals surface area contributed by atoms with E-state index in [9.17, 15) is 26.3 Å². The highest BCUT2D eigenvalue weighted by atomic mass is 19.3. The molecular weight excluding hydrogens is 186 g/mol. The molecule has 0 saturated carbocycles. The summed E-state index contributed by atoms with van der Waals surface area (Å²) >= 11 is 0. The molecule has 73 valence electrons. The lowest BCUT2D eigenvalue weighted by molar-refractivity contribution is -0.255. The van der Waals surface area contributed by atoms with Crippen molar-refractivity contribution in [3.63, 3.8) is 0 Å². The van der Waals surface area contributed by atoms with E-state index < -0.39 is 24.2 Å². The molecule has 6 heteroatoms. The Bertz CT molecular complexity index is 132. The van der Waals surface area contributed by atoms with Gasteiger partial charge in [-0.3, -0.25) is 0 Å². The molecule has 12 heavy (non-hydrogen) atoms. The van der Waals surface area contributed by atoms with Crippen LogP contribution in [0.2, 0.25) is 0 Å². The van der Waals surface area contributed by atoms with Gasteiger partial charge in [0.05, 0.1) is 0 Å². The van der Waals surface area contributed by atoms with E-state index in [1.54, 1.807) is 0 Å². The van der Waals surface area contributed by atoms with Gasteiger partial charge in [-0.1, -0.05) is 13.8 Å². The van der Waals surface area contributed by atoms with Crippen LogP contribution in [0.25, 0.3) is 0 Å². The molecule has 0 N–H and O–H groups in total. The molecule has 0 nitrogen and oxygen atoms in total. The van der Waals surface area contributed by atoms with Gasteiger partial charge >= 0.3 is 18.3 Å². The Morgan fingerprint density at radius 1 is 1.00 bits per heavy atom. The minimum Gasteiger partial charge on any atom is -0.203 e. The Morgan fingerprint density at radius 3 is 1.42 bits per heavy atom. The first kappa shape index (κ1) is 11.6. The number of hydrogen-bond acceptors (Lipinski definition) is 0. The van der Waals surface area contributed by atoms with Gasteiger partial charge < -0.3 is 0 Å². The van der Waals surface area contributed by atoms with Gasteiger partial charge in [-0.15, -0.1) is 0 Å². The minimum absolute atomic E-state index is 0.677. The molecule has 0 bridgehead atoms. The molecule has 0 unspecified atom stereocenters. The molecular formula is C6H7F6. The summed E-state index contributed by atoms with van der Waals surface area (Å²) in [4.78, 5) is 0. The van der Waals surface area contributed by atoms with Gasteiger partial charge in [0.25, 0.3) is 0 Å². The van der Waals surface area contributed by atoms with E-state index in [0.717, 1.165) is 0 Å². The summed E-state index contributed by atoms with van der Waals surface area (Å²) in [6, 6.07) is 0. The smallest absolute Gasteiger partial charge is 0.203 e. The van der Waals surface area contributed by atoms with Crippen LogP contribution in [0.3, 0.4) is 0 Å². The Balaban J connectivity index is 4.75. The Hall–Kier alpha value is -0.420. The third-order valence-electron chi connectivity index (χ3n) is 1.32. The van der Waals surface area contributed by atoms with Crippen LogP contribution in [0.4, 0.5) is 26.3 Å². The molecule has 0 aromatic rings. The maximum absolute atomic E-state index is 12.3. The number of alkyl halides is 6. The van der Waals surface area contributed by atoms with E-state index in [2.05, 4.69) is 0 Å². The molecule has 0 saturated heterocycles. The van der Waals surface area contributed by atoms with Crippen molar-refractivity contribution >= 4 is 0 Å². The topological polar surface area (TPSA) is 0 Å². The van der Waals surface area contributed by atoms with Gasteiger partial charge in [0.15, 0.2) is 0 Å². The first-order valence-electron chi connectivity index (χ1n) is 2.98. The maximum Gasteiger partial charge on any atom is 0.369 e. The average Bonchev–Trinajstić information content (AvgIpc) is 1.86. The van der Waals surface area contributed by atoms with Gasteiger partial charge in [-0.2, -0.15) is 17.6 Å². The summed E-state index contributed by atoms with van der Waals surface area (Å²) in [5, 5.41) is 0. The Morgan fingerprint density at radius 2 is 1.33 bits per heavy atom. The third kappa shape index (κ3) is 1.67. The van der Waals surface area contributed by atoms with Crippen LogP contribution in [0, 0.1) is 5.92 Å². The highest BCUT2D eigenvalue weighted by Crippen LogP contribution is 2.44. The van der Waals surface area contributed by atoms with Crippen LogP contribution in [0.15, 0.2) is 0 Å². The van der Waals surface area contributed by atoms with Crippen LogP contribution in [0.5, 0.6) is 0 Å². The summed E-state index contributed by atoms with van der Waals surface area (Å²) < 4.78 is 71.6. The third-order valence-corrected chi connectivity index (χ3v) is 1.32. The fourth-order valence-electron chi connectivity index (χ4n) is 0.470. The molecule has 0 atom stereocenters. The maximum atomic E-state index is 12.3. The van der Waals surface area contributed by atoms with E-state index in [4.69, 9.17) is 0 Å². The number of hydrogen-bond donors (Lipinski definition) is 0. The molecule has 0 aliphatic carbocycles. The van der Waals surface area contributed by atoms with Gasteiger partial charge in [0, 0.05) is 5.92 Å². The molecule has 1 radical (unpaired) electrons. The lowest BCUT2D eigenvalue weighted by Crippen LogP contribution is -2.48. The molecule has 0 aliphatic rings. The second-order valence-electron chi connectivity index (χ2n) is 2.50. The van der Waals surface area contributed by atoms with Crippen molar-refractivity contribution < 1.29 is 26.3 Å². The van der Waals surface area contributed by atoms with E-state index in [0.29, 0.717) is 13.8 Å². The van der Waals surface area contributed by atoms with Crippen LogP contribution in [-0.4, -0.2) is 18.3 Å². The predicted octanol–water partition coefficient (Wildman–Crippen LogP) is 3.14. The first-order chi connectivity index (χ1) is 5.14. The van der Waals surface area contributed by atoms with Gasteiger partial charge in [0.2, 0.25) is 0 Å². The van der Waals surface area contributed by atoms with Crippen molar-refractivity contribution in [3.8, 4) is 0 Å².